The van der Waals surface area contributed by atoms with Crippen LogP contribution in [0.3, 0.4) is 0 Å². The normalized spacial score (nSPS) is 23.2. The van der Waals surface area contributed by atoms with E-state index in [9.17, 15) is 4.79 Å². The summed E-state index contributed by atoms with van der Waals surface area (Å²) in [5.74, 6) is -0.103. The van der Waals surface area contributed by atoms with Crippen LogP contribution in [0.15, 0.2) is 36.4 Å². The Bertz CT molecular complexity index is 779. The van der Waals surface area contributed by atoms with Crippen molar-refractivity contribution in [2.45, 2.75) is 10.4 Å². The summed E-state index contributed by atoms with van der Waals surface area (Å²) in [6.07, 6.45) is 0. The number of benzene rings is 2. The third-order valence-corrected chi connectivity index (χ3v) is 5.38. The van der Waals surface area contributed by atoms with Crippen molar-refractivity contribution >= 4 is 52.2 Å². The lowest BCUT2D eigenvalue weighted by molar-refractivity contribution is 0.0825. The lowest BCUT2D eigenvalue weighted by Gasteiger charge is -2.36. The maximum absolute atomic E-state index is 13.0. The number of halogens is 4. The smallest absolute Gasteiger partial charge is 0.202 e. The molecular weight excluding hydrogens is 382 g/mol. The first-order valence-electron chi connectivity index (χ1n) is 6.57. The van der Waals surface area contributed by atoms with Crippen molar-refractivity contribution < 1.29 is 14.3 Å². The molecule has 0 fully saturated rings. The molecule has 7 heteroatoms. The fraction of sp³-hybridized carbons (Fsp3) is 0.188. The minimum Gasteiger partial charge on any atom is -0.493 e. The first kappa shape index (κ1) is 16.7. The number of ketones is 1. The topological polar surface area (TPSA) is 35.5 Å². The van der Waals surface area contributed by atoms with E-state index < -0.39 is 16.2 Å². The number of rotatable bonds is 2. The second-order valence-corrected chi connectivity index (χ2v) is 6.70. The quantitative estimate of drug-likeness (QED) is 0.653. The molecule has 0 bridgehead atoms. The third kappa shape index (κ3) is 2.47. The number of carbonyl (C=O) groups excluding carboxylic acids is 1. The van der Waals surface area contributed by atoms with Gasteiger partial charge in [-0.2, -0.15) is 0 Å². The zero-order valence-electron chi connectivity index (χ0n) is 11.8. The number of alkyl halides is 2. The van der Waals surface area contributed by atoms with Gasteiger partial charge in [0, 0.05) is 0 Å². The molecular formula is C16H10Cl4O3. The molecule has 0 N–H and O–H groups in total. The summed E-state index contributed by atoms with van der Waals surface area (Å²) in [4.78, 5) is 11.4. The number of fused-ring (bicyclic) bond motifs is 1. The molecule has 1 aliphatic rings. The van der Waals surface area contributed by atoms with Crippen molar-refractivity contribution in [3.8, 4) is 11.5 Å². The van der Waals surface area contributed by atoms with E-state index in [-0.39, 0.29) is 27.1 Å². The molecule has 2 unspecified atom stereocenters. The Morgan fingerprint density at radius 2 is 1.87 bits per heavy atom. The Morgan fingerprint density at radius 3 is 2.48 bits per heavy atom. The van der Waals surface area contributed by atoms with Gasteiger partial charge in [-0.05, 0) is 11.6 Å². The molecule has 2 atom stereocenters. The van der Waals surface area contributed by atoms with Crippen molar-refractivity contribution in [1.82, 2.24) is 0 Å². The van der Waals surface area contributed by atoms with Crippen molar-refractivity contribution in [3.63, 3.8) is 0 Å². The summed E-state index contributed by atoms with van der Waals surface area (Å²) in [7, 11) is 1.41. The molecule has 1 heterocycles. The molecule has 0 radical (unpaired) electrons. The minimum absolute atomic E-state index is 0.0841. The fourth-order valence-corrected chi connectivity index (χ4v) is 3.72. The summed E-state index contributed by atoms with van der Waals surface area (Å²) in [6.45, 7) is 0. The summed E-state index contributed by atoms with van der Waals surface area (Å²) < 4.78 is 10.8. The second-order valence-electron chi connectivity index (χ2n) is 4.92. The molecule has 0 aromatic heterocycles. The Morgan fingerprint density at radius 1 is 1.22 bits per heavy atom. The lowest BCUT2D eigenvalue weighted by Crippen LogP contribution is -2.45. The van der Waals surface area contributed by atoms with Crippen LogP contribution in [0.4, 0.5) is 0 Å². The van der Waals surface area contributed by atoms with E-state index in [1.165, 1.54) is 13.2 Å². The molecule has 2 aromatic carbocycles. The molecule has 3 nitrogen and oxygen atoms in total. The highest BCUT2D eigenvalue weighted by Crippen LogP contribution is 2.51. The zero-order chi connectivity index (χ0) is 16.8. The van der Waals surface area contributed by atoms with Gasteiger partial charge in [0.25, 0.3) is 0 Å². The lowest BCUT2D eigenvalue weighted by atomic mass is 9.87. The molecule has 0 amide bonds. The fourth-order valence-electron chi connectivity index (χ4n) is 2.48. The number of methoxy groups -OCH3 is 1. The van der Waals surface area contributed by atoms with Crippen LogP contribution < -0.4 is 9.47 Å². The van der Waals surface area contributed by atoms with Gasteiger partial charge in [-0.1, -0.05) is 76.7 Å². The van der Waals surface area contributed by atoms with Crippen LogP contribution in [-0.2, 0) is 4.87 Å². The monoisotopic (exact) mass is 390 g/mol. The highest BCUT2D eigenvalue weighted by atomic mass is 35.5. The summed E-state index contributed by atoms with van der Waals surface area (Å²) in [5.41, 5.74) is -0.452. The van der Waals surface area contributed by atoms with Crippen LogP contribution >= 0.6 is 46.4 Å². The second kappa shape index (κ2) is 6.06. The molecule has 3 rings (SSSR count). The number of ether oxygens (including phenoxy) is 2. The molecule has 0 saturated heterocycles. The van der Waals surface area contributed by atoms with Crippen LogP contribution in [0.1, 0.15) is 15.9 Å². The third-order valence-electron chi connectivity index (χ3n) is 3.64. The highest BCUT2D eigenvalue weighted by Gasteiger charge is 2.52. The average molecular weight is 392 g/mol. The predicted octanol–water partition coefficient (Wildman–Crippen LogP) is 5.28. The minimum atomic E-state index is -1.57. The van der Waals surface area contributed by atoms with Crippen molar-refractivity contribution in [3.05, 3.63) is 57.6 Å². The van der Waals surface area contributed by atoms with Crippen LogP contribution in [0.5, 0.6) is 11.5 Å². The van der Waals surface area contributed by atoms with Gasteiger partial charge in [0.15, 0.2) is 22.2 Å². The Kier molecular flexibility index (Phi) is 4.41. The molecule has 0 spiro atoms. The van der Waals surface area contributed by atoms with E-state index in [4.69, 9.17) is 55.9 Å². The van der Waals surface area contributed by atoms with Crippen LogP contribution in [0.25, 0.3) is 0 Å². The summed E-state index contributed by atoms with van der Waals surface area (Å²) >= 11 is 25.2. The van der Waals surface area contributed by atoms with Crippen LogP contribution in [0, 0.1) is 0 Å². The molecule has 2 aromatic rings. The summed E-state index contributed by atoms with van der Waals surface area (Å²) in [5, 5.41) is 0.272. The van der Waals surface area contributed by atoms with Gasteiger partial charge in [0.1, 0.15) is 5.02 Å². The van der Waals surface area contributed by atoms with Gasteiger partial charge in [0.05, 0.1) is 17.7 Å². The maximum Gasteiger partial charge on any atom is 0.202 e. The Hall–Kier alpha value is -1.13. The van der Waals surface area contributed by atoms with Gasteiger partial charge in [-0.3, -0.25) is 4.79 Å². The van der Waals surface area contributed by atoms with E-state index in [2.05, 4.69) is 0 Å². The van der Waals surface area contributed by atoms with Gasteiger partial charge in [0.2, 0.25) is 5.56 Å². The Labute approximate surface area is 153 Å². The molecule has 1 aliphatic heterocycles. The van der Waals surface area contributed by atoms with Gasteiger partial charge in [-0.25, -0.2) is 0 Å². The highest BCUT2D eigenvalue weighted by molar-refractivity contribution is 6.45. The Balaban J connectivity index is 2.21. The van der Waals surface area contributed by atoms with Crippen LogP contribution in [0.2, 0.25) is 10.0 Å². The van der Waals surface area contributed by atoms with Gasteiger partial charge < -0.3 is 9.47 Å². The SMILES string of the molecule is COc1c(Cl)cc2c(c1Cl)OC(Cl)C(Cl)(c1ccccc1)C2=O. The van der Waals surface area contributed by atoms with E-state index in [0.717, 1.165) is 0 Å². The van der Waals surface area contributed by atoms with E-state index in [0.29, 0.717) is 5.56 Å². The first-order valence-corrected chi connectivity index (χ1v) is 8.14. The molecule has 0 saturated carbocycles. The van der Waals surface area contributed by atoms with Crippen molar-refractivity contribution in [2.75, 3.05) is 7.11 Å². The first-order chi connectivity index (χ1) is 10.9. The summed E-state index contributed by atoms with van der Waals surface area (Å²) in [6, 6.07) is 10.2. The van der Waals surface area contributed by atoms with E-state index in [1.54, 1.807) is 24.3 Å². The van der Waals surface area contributed by atoms with Gasteiger partial charge >= 0.3 is 0 Å². The van der Waals surface area contributed by atoms with Crippen molar-refractivity contribution in [2.24, 2.45) is 0 Å². The van der Waals surface area contributed by atoms with E-state index >= 15 is 0 Å². The maximum atomic E-state index is 13.0. The number of hydrogen-bond acceptors (Lipinski definition) is 3. The average Bonchev–Trinajstić information content (AvgIpc) is 2.55. The molecule has 0 aliphatic carbocycles. The number of hydrogen-bond donors (Lipinski definition) is 0. The van der Waals surface area contributed by atoms with Gasteiger partial charge in [-0.15, -0.1) is 0 Å². The van der Waals surface area contributed by atoms with Crippen molar-refractivity contribution in [1.29, 1.82) is 0 Å². The standard InChI is InChI=1S/C16H10Cl4O3/c1-22-13-10(17)7-9-12(11(13)18)23-15(19)16(20,14(9)21)8-5-3-2-4-6-8/h2-7,15H,1H3. The van der Waals surface area contributed by atoms with E-state index in [1.807, 2.05) is 6.07 Å². The number of carbonyl (C=O) groups is 1. The van der Waals surface area contributed by atoms with Crippen LogP contribution in [-0.4, -0.2) is 18.5 Å². The predicted molar refractivity (Wildman–Crippen MR) is 91.6 cm³/mol. The largest absolute Gasteiger partial charge is 0.493 e. The molecule has 120 valence electrons. The zero-order valence-corrected chi connectivity index (χ0v) is 14.8. The number of Topliss-reactive ketones (excluding diaryl/α,β-unsaturated/α-hetero) is 1. The molecule has 23 heavy (non-hydrogen) atoms.